The van der Waals surface area contributed by atoms with E-state index in [-0.39, 0.29) is 24.3 Å². The normalized spacial score (nSPS) is 16.1. The number of sulfonamides is 1. The molecule has 6 heteroatoms. The largest absolute Gasteiger partial charge is 0.361 e. The Morgan fingerprint density at radius 3 is 2.36 bits per heavy atom. The lowest BCUT2D eigenvalue weighted by Gasteiger charge is -2.30. The molecule has 2 rings (SSSR count). The first-order chi connectivity index (χ1) is 14.1. The Bertz CT molecular complexity index is 1080. The van der Waals surface area contributed by atoms with Crippen LogP contribution in [0.1, 0.15) is 67.6 Å². The standard InChI is InChI=1S/C22H37N3O2S/c1-10-24(8)14-22(6,7)20-13-23-21-11-16(4)18(12-19(20)21)17(5)28(26,27)25(9)15(2)3/h11-13,15,17,23H,10,14H2,1-9H3/i11D,12D,13D. The number of aromatic amines is 1. The van der Waals surface area contributed by atoms with Crippen molar-refractivity contribution < 1.29 is 12.5 Å². The molecule has 0 aliphatic rings. The second-order valence-electron chi connectivity index (χ2n) is 8.68. The minimum absolute atomic E-state index is 0.0914. The van der Waals surface area contributed by atoms with Crippen molar-refractivity contribution in [3.05, 3.63) is 34.9 Å². The highest BCUT2D eigenvalue weighted by molar-refractivity contribution is 7.89. The summed E-state index contributed by atoms with van der Waals surface area (Å²) < 4.78 is 54.1. The molecule has 1 heterocycles. The van der Waals surface area contributed by atoms with E-state index >= 15 is 0 Å². The van der Waals surface area contributed by atoms with Gasteiger partial charge in [-0.25, -0.2) is 12.7 Å². The van der Waals surface area contributed by atoms with Crippen molar-refractivity contribution in [2.75, 3.05) is 27.2 Å². The third-order valence-electron chi connectivity index (χ3n) is 5.65. The fourth-order valence-electron chi connectivity index (χ4n) is 3.55. The third-order valence-corrected chi connectivity index (χ3v) is 8.01. The Labute approximate surface area is 175 Å². The minimum atomic E-state index is -3.72. The molecule has 158 valence electrons. The zero-order valence-electron chi connectivity index (χ0n) is 21.7. The highest BCUT2D eigenvalue weighted by Gasteiger charge is 2.31. The van der Waals surface area contributed by atoms with Crippen molar-refractivity contribution in [3.63, 3.8) is 0 Å². The van der Waals surface area contributed by atoms with Gasteiger partial charge in [0, 0.05) is 42.1 Å². The topological polar surface area (TPSA) is 56.4 Å². The van der Waals surface area contributed by atoms with Crippen molar-refractivity contribution in [2.24, 2.45) is 0 Å². The van der Waals surface area contributed by atoms with Gasteiger partial charge in [-0.05, 0) is 70.1 Å². The lowest BCUT2D eigenvalue weighted by atomic mass is 9.83. The molecule has 0 bridgehead atoms. The summed E-state index contributed by atoms with van der Waals surface area (Å²) in [5.41, 5.74) is 1.42. The van der Waals surface area contributed by atoms with E-state index < -0.39 is 20.7 Å². The van der Waals surface area contributed by atoms with E-state index in [0.29, 0.717) is 34.1 Å². The third kappa shape index (κ3) is 4.29. The fourth-order valence-corrected chi connectivity index (χ4v) is 5.17. The van der Waals surface area contributed by atoms with Gasteiger partial charge in [0.15, 0.2) is 0 Å². The molecule has 1 N–H and O–H groups in total. The Hall–Kier alpha value is -1.37. The summed E-state index contributed by atoms with van der Waals surface area (Å²) in [5.74, 6) is 0. The van der Waals surface area contributed by atoms with Crippen molar-refractivity contribution in [1.29, 1.82) is 0 Å². The number of nitrogens with one attached hydrogen (secondary N) is 1. The molecule has 0 radical (unpaired) electrons. The fraction of sp³-hybridized carbons (Fsp3) is 0.636. The van der Waals surface area contributed by atoms with Crippen molar-refractivity contribution in [3.8, 4) is 0 Å². The summed E-state index contributed by atoms with van der Waals surface area (Å²) in [4.78, 5) is 5.14. The molecule has 28 heavy (non-hydrogen) atoms. The average molecular weight is 411 g/mol. The molecule has 2 aromatic rings. The van der Waals surface area contributed by atoms with Crippen molar-refractivity contribution in [1.82, 2.24) is 14.2 Å². The number of nitrogens with zero attached hydrogens (tertiary/aromatic N) is 2. The van der Waals surface area contributed by atoms with Crippen LogP contribution in [0.4, 0.5) is 0 Å². The van der Waals surface area contributed by atoms with E-state index in [1.54, 1.807) is 34.7 Å². The van der Waals surface area contributed by atoms with E-state index in [9.17, 15) is 8.42 Å². The first kappa shape index (κ1) is 18.6. The molecule has 0 aliphatic heterocycles. The van der Waals surface area contributed by atoms with Gasteiger partial charge >= 0.3 is 0 Å². The Balaban J connectivity index is 2.86. The second kappa shape index (κ2) is 8.17. The van der Waals surface area contributed by atoms with Crippen molar-refractivity contribution in [2.45, 2.75) is 65.2 Å². The van der Waals surface area contributed by atoms with Gasteiger partial charge in [0.1, 0.15) is 0 Å². The lowest BCUT2D eigenvalue weighted by Crippen LogP contribution is -2.36. The van der Waals surface area contributed by atoms with Crippen molar-refractivity contribution >= 4 is 20.9 Å². The number of rotatable bonds is 8. The zero-order chi connectivity index (χ0) is 24.0. The SMILES string of the molecule is [2H]c1[nH]c2c([2H])c(C)c(C(C)S(=O)(=O)N(C)C(C)C)c([2H])c2c1C(C)(C)CN(C)CC. The molecule has 0 fully saturated rings. The van der Waals surface area contributed by atoms with Crippen LogP contribution in [0.2, 0.25) is 0 Å². The summed E-state index contributed by atoms with van der Waals surface area (Å²) in [7, 11) is -0.173. The Kier molecular flexibility index (Phi) is 5.44. The number of fused-ring (bicyclic) bond motifs is 1. The zero-order valence-corrected chi connectivity index (χ0v) is 19.5. The maximum absolute atomic E-state index is 13.2. The van der Waals surface area contributed by atoms with Crippen LogP contribution in [0.25, 0.3) is 10.9 Å². The number of aromatic nitrogens is 1. The highest BCUT2D eigenvalue weighted by atomic mass is 32.2. The maximum Gasteiger partial charge on any atom is 0.220 e. The van der Waals surface area contributed by atoms with Crippen LogP contribution in [0, 0.1) is 6.92 Å². The predicted molar refractivity (Wildman–Crippen MR) is 119 cm³/mol. The van der Waals surface area contributed by atoms with Gasteiger partial charge in [-0.15, -0.1) is 0 Å². The van der Waals surface area contributed by atoms with Crippen LogP contribution >= 0.6 is 0 Å². The summed E-state index contributed by atoms with van der Waals surface area (Å²) in [6.07, 6.45) is 0.179. The molecule has 0 aliphatic carbocycles. The minimum Gasteiger partial charge on any atom is -0.361 e. The molecule has 5 nitrogen and oxygen atoms in total. The van der Waals surface area contributed by atoms with Gasteiger partial charge in [-0.1, -0.05) is 20.8 Å². The van der Waals surface area contributed by atoms with Gasteiger partial charge in [-0.2, -0.15) is 0 Å². The summed E-state index contributed by atoms with van der Waals surface area (Å²) in [6, 6.07) is 0.0238. The first-order valence-electron chi connectivity index (χ1n) is 11.4. The van der Waals surface area contributed by atoms with Gasteiger partial charge in [0.25, 0.3) is 0 Å². The summed E-state index contributed by atoms with van der Waals surface area (Å²) in [6.45, 7) is 14.5. The van der Waals surface area contributed by atoms with Gasteiger partial charge in [0.05, 0.1) is 9.36 Å². The number of hydrogen-bond acceptors (Lipinski definition) is 3. The van der Waals surface area contributed by atoms with Crippen LogP contribution in [0.5, 0.6) is 0 Å². The number of benzene rings is 1. The summed E-state index contributed by atoms with van der Waals surface area (Å²) >= 11 is 0. The van der Waals surface area contributed by atoms with Gasteiger partial charge in [0.2, 0.25) is 10.0 Å². The monoisotopic (exact) mass is 410 g/mol. The van der Waals surface area contributed by atoms with Crippen LogP contribution in [-0.4, -0.2) is 55.8 Å². The molecule has 0 saturated carbocycles. The Morgan fingerprint density at radius 1 is 1.21 bits per heavy atom. The molecule has 0 saturated heterocycles. The number of H-pyrrole nitrogens is 1. The first-order valence-corrected chi connectivity index (χ1v) is 11.4. The molecular formula is C22H37N3O2S. The maximum atomic E-state index is 13.2. The Morgan fingerprint density at radius 2 is 1.82 bits per heavy atom. The smallest absolute Gasteiger partial charge is 0.220 e. The van der Waals surface area contributed by atoms with E-state index in [4.69, 9.17) is 4.11 Å². The number of hydrogen-bond donors (Lipinski definition) is 1. The lowest BCUT2D eigenvalue weighted by molar-refractivity contribution is 0.281. The predicted octanol–water partition coefficient (Wildman–Crippen LogP) is 4.44. The molecule has 1 aromatic heterocycles. The van der Waals surface area contributed by atoms with E-state index in [1.165, 1.54) is 4.31 Å². The second-order valence-corrected chi connectivity index (χ2v) is 11.0. The highest BCUT2D eigenvalue weighted by Crippen LogP contribution is 2.36. The molecule has 0 amide bonds. The van der Waals surface area contributed by atoms with Crippen LogP contribution < -0.4 is 0 Å². The van der Waals surface area contributed by atoms with Crippen LogP contribution in [0.3, 0.4) is 0 Å². The summed E-state index contributed by atoms with van der Waals surface area (Å²) in [5, 5.41) is -0.487. The quantitative estimate of drug-likeness (QED) is 0.700. The average Bonchev–Trinajstić information content (AvgIpc) is 3.03. The van der Waals surface area contributed by atoms with E-state index in [0.717, 1.165) is 6.54 Å². The molecule has 0 spiro atoms. The molecular weight excluding hydrogens is 370 g/mol. The van der Waals surface area contributed by atoms with Gasteiger partial charge in [-0.3, -0.25) is 0 Å². The van der Waals surface area contributed by atoms with E-state index in [2.05, 4.69) is 16.8 Å². The number of likely N-dealkylation sites (N-methyl/N-ethyl adjacent to an activating group) is 1. The molecule has 1 unspecified atom stereocenters. The van der Waals surface area contributed by atoms with Crippen LogP contribution in [-0.2, 0) is 15.4 Å². The van der Waals surface area contributed by atoms with Crippen LogP contribution in [0.15, 0.2) is 18.3 Å². The van der Waals surface area contributed by atoms with E-state index in [1.807, 2.05) is 20.9 Å². The van der Waals surface area contributed by atoms with Gasteiger partial charge < -0.3 is 9.88 Å². The molecule has 1 atom stereocenters. The molecule has 1 aromatic carbocycles.